The molecule has 16 heavy (non-hydrogen) atoms. The van der Waals surface area contributed by atoms with Crippen molar-refractivity contribution < 1.29 is 0 Å². The number of aromatic nitrogens is 1. The van der Waals surface area contributed by atoms with Gasteiger partial charge < -0.3 is 5.32 Å². The number of nitrogens with one attached hydrogen (secondary N) is 1. The predicted octanol–water partition coefficient (Wildman–Crippen LogP) is 3.03. The van der Waals surface area contributed by atoms with E-state index in [1.165, 1.54) is 24.0 Å². The number of hydrogen-bond donors (Lipinski definition) is 1. The van der Waals surface area contributed by atoms with Gasteiger partial charge in [-0.1, -0.05) is 23.7 Å². The molecule has 3 heterocycles. The SMILES string of the molecule is Clc1ccc(C2=CCC3CC(CC2)N3)cn1. The monoisotopic (exact) mass is 234 g/mol. The number of fused-ring (bicyclic) bond motifs is 3. The summed E-state index contributed by atoms with van der Waals surface area (Å²) in [6.07, 6.45) is 9.13. The molecule has 0 aromatic carbocycles. The first-order valence-corrected chi connectivity index (χ1v) is 6.26. The van der Waals surface area contributed by atoms with Crippen molar-refractivity contribution >= 4 is 17.2 Å². The molecule has 3 aliphatic rings. The molecule has 1 N–H and O–H groups in total. The van der Waals surface area contributed by atoms with Gasteiger partial charge in [0.05, 0.1) is 0 Å². The van der Waals surface area contributed by atoms with Crippen LogP contribution in [-0.2, 0) is 0 Å². The Kier molecular flexibility index (Phi) is 2.70. The van der Waals surface area contributed by atoms with E-state index in [1.54, 1.807) is 0 Å². The molecule has 4 rings (SSSR count). The number of hydrogen-bond acceptors (Lipinski definition) is 2. The second-order valence-electron chi connectivity index (χ2n) is 4.67. The van der Waals surface area contributed by atoms with Gasteiger partial charge in [-0.15, -0.1) is 0 Å². The van der Waals surface area contributed by atoms with Crippen molar-refractivity contribution in [2.24, 2.45) is 0 Å². The third-order valence-electron chi connectivity index (χ3n) is 3.55. The zero-order chi connectivity index (χ0) is 11.0. The molecule has 2 bridgehead atoms. The molecule has 1 aliphatic carbocycles. The normalized spacial score (nSPS) is 28.7. The van der Waals surface area contributed by atoms with Crippen LogP contribution in [0.2, 0.25) is 5.15 Å². The maximum Gasteiger partial charge on any atom is 0.129 e. The van der Waals surface area contributed by atoms with Crippen LogP contribution in [0.3, 0.4) is 0 Å². The molecule has 1 fully saturated rings. The van der Waals surface area contributed by atoms with Crippen molar-refractivity contribution in [1.29, 1.82) is 0 Å². The lowest BCUT2D eigenvalue weighted by atomic mass is 9.84. The summed E-state index contributed by atoms with van der Waals surface area (Å²) in [4.78, 5) is 4.15. The highest BCUT2D eigenvalue weighted by atomic mass is 35.5. The van der Waals surface area contributed by atoms with Gasteiger partial charge in [-0.2, -0.15) is 0 Å². The highest BCUT2D eigenvalue weighted by Crippen LogP contribution is 2.30. The summed E-state index contributed by atoms with van der Waals surface area (Å²) >= 11 is 5.80. The number of rotatable bonds is 1. The fraction of sp³-hybridized carbons (Fsp3) is 0.462. The summed E-state index contributed by atoms with van der Waals surface area (Å²) in [6, 6.07) is 5.40. The number of halogens is 1. The van der Waals surface area contributed by atoms with E-state index in [9.17, 15) is 0 Å². The highest BCUT2D eigenvalue weighted by molar-refractivity contribution is 6.29. The molecule has 0 saturated carbocycles. The fourth-order valence-electron chi connectivity index (χ4n) is 2.56. The summed E-state index contributed by atoms with van der Waals surface area (Å²) in [7, 11) is 0. The van der Waals surface area contributed by atoms with E-state index in [2.05, 4.69) is 22.4 Å². The maximum atomic E-state index is 5.80. The van der Waals surface area contributed by atoms with E-state index < -0.39 is 0 Å². The third-order valence-corrected chi connectivity index (χ3v) is 3.77. The van der Waals surface area contributed by atoms with Gasteiger partial charge >= 0.3 is 0 Å². The minimum absolute atomic E-state index is 0.569. The smallest absolute Gasteiger partial charge is 0.129 e. The van der Waals surface area contributed by atoms with Crippen LogP contribution in [0.25, 0.3) is 5.57 Å². The van der Waals surface area contributed by atoms with Crippen LogP contribution in [0, 0.1) is 0 Å². The van der Waals surface area contributed by atoms with E-state index in [1.807, 2.05) is 12.3 Å². The Labute approximate surface area is 101 Å². The first-order valence-electron chi connectivity index (χ1n) is 5.88. The Bertz CT molecular complexity index is 404. The van der Waals surface area contributed by atoms with Gasteiger partial charge in [-0.05, 0) is 42.9 Å². The van der Waals surface area contributed by atoms with Crippen LogP contribution in [0.15, 0.2) is 24.4 Å². The molecule has 2 atom stereocenters. The van der Waals surface area contributed by atoms with Gasteiger partial charge in [-0.3, -0.25) is 0 Å². The Hall–Kier alpha value is -0.860. The molecular formula is C13H15ClN2. The average Bonchev–Trinajstić information content (AvgIpc) is 2.17. The van der Waals surface area contributed by atoms with Gasteiger partial charge in [0.15, 0.2) is 0 Å². The first kappa shape index (κ1) is 10.3. The number of pyridine rings is 1. The molecule has 1 saturated heterocycles. The van der Waals surface area contributed by atoms with Crippen LogP contribution in [0.5, 0.6) is 0 Å². The Balaban J connectivity index is 1.82. The lowest BCUT2D eigenvalue weighted by Gasteiger charge is -2.39. The molecule has 84 valence electrons. The second kappa shape index (κ2) is 4.19. The van der Waals surface area contributed by atoms with Crippen LogP contribution >= 0.6 is 11.6 Å². The molecule has 0 amide bonds. The Morgan fingerprint density at radius 2 is 2.19 bits per heavy atom. The van der Waals surface area contributed by atoms with Crippen molar-refractivity contribution in [3.8, 4) is 0 Å². The van der Waals surface area contributed by atoms with E-state index in [0.29, 0.717) is 11.2 Å². The molecule has 2 aliphatic heterocycles. The minimum atomic E-state index is 0.569. The summed E-state index contributed by atoms with van der Waals surface area (Å²) in [5.41, 5.74) is 2.66. The van der Waals surface area contributed by atoms with E-state index in [0.717, 1.165) is 18.9 Å². The predicted molar refractivity (Wildman–Crippen MR) is 66.4 cm³/mol. The lowest BCUT2D eigenvalue weighted by Crippen LogP contribution is -2.52. The van der Waals surface area contributed by atoms with E-state index in [-0.39, 0.29) is 0 Å². The first-order chi connectivity index (χ1) is 7.81. The molecular weight excluding hydrogens is 220 g/mol. The van der Waals surface area contributed by atoms with Gasteiger partial charge in [0, 0.05) is 18.3 Å². The zero-order valence-corrected chi connectivity index (χ0v) is 9.87. The average molecular weight is 235 g/mol. The van der Waals surface area contributed by atoms with Crippen LogP contribution in [0.1, 0.15) is 31.2 Å². The second-order valence-corrected chi connectivity index (χ2v) is 5.06. The fourth-order valence-corrected chi connectivity index (χ4v) is 2.67. The Morgan fingerprint density at radius 3 is 2.94 bits per heavy atom. The number of nitrogens with zero attached hydrogens (tertiary/aromatic N) is 1. The lowest BCUT2D eigenvalue weighted by molar-refractivity contribution is 0.251. The topological polar surface area (TPSA) is 24.9 Å². The standard InChI is InChI=1S/C13H15ClN2/c14-13-6-3-10(8-15-13)9-1-4-11-7-12(16-11)5-2-9/h1,3,6,8,11-12,16H,2,4-5,7H2. The van der Waals surface area contributed by atoms with Crippen molar-refractivity contribution in [2.45, 2.75) is 37.8 Å². The molecule has 1 aromatic rings. The summed E-state index contributed by atoms with van der Waals surface area (Å²) in [5, 5.41) is 4.15. The van der Waals surface area contributed by atoms with Gasteiger partial charge in [0.25, 0.3) is 0 Å². The molecule has 2 unspecified atom stereocenters. The van der Waals surface area contributed by atoms with Gasteiger partial charge in [0.2, 0.25) is 0 Å². The van der Waals surface area contributed by atoms with Crippen LogP contribution in [-0.4, -0.2) is 17.1 Å². The van der Waals surface area contributed by atoms with Gasteiger partial charge in [-0.25, -0.2) is 4.98 Å². The minimum Gasteiger partial charge on any atom is -0.311 e. The van der Waals surface area contributed by atoms with Crippen molar-refractivity contribution in [1.82, 2.24) is 10.3 Å². The third kappa shape index (κ3) is 2.00. The van der Waals surface area contributed by atoms with E-state index in [4.69, 9.17) is 11.6 Å². The van der Waals surface area contributed by atoms with Crippen LogP contribution < -0.4 is 5.32 Å². The van der Waals surface area contributed by atoms with E-state index >= 15 is 0 Å². The molecule has 2 nitrogen and oxygen atoms in total. The molecule has 1 aromatic heterocycles. The quantitative estimate of drug-likeness (QED) is 0.756. The van der Waals surface area contributed by atoms with Crippen molar-refractivity contribution in [3.05, 3.63) is 35.1 Å². The van der Waals surface area contributed by atoms with Gasteiger partial charge in [0.1, 0.15) is 5.15 Å². The maximum absolute atomic E-state index is 5.80. The summed E-state index contributed by atoms with van der Waals surface area (Å²) < 4.78 is 0. The largest absolute Gasteiger partial charge is 0.311 e. The number of allylic oxidation sites excluding steroid dienone is 1. The van der Waals surface area contributed by atoms with Crippen LogP contribution in [0.4, 0.5) is 0 Å². The highest BCUT2D eigenvalue weighted by Gasteiger charge is 2.28. The summed E-state index contributed by atoms with van der Waals surface area (Å²) in [5.74, 6) is 0. The molecule has 3 heteroatoms. The van der Waals surface area contributed by atoms with Crippen molar-refractivity contribution in [2.75, 3.05) is 0 Å². The van der Waals surface area contributed by atoms with Crippen molar-refractivity contribution in [3.63, 3.8) is 0 Å². The zero-order valence-electron chi connectivity index (χ0n) is 9.12. The Morgan fingerprint density at radius 1 is 1.31 bits per heavy atom. The summed E-state index contributed by atoms with van der Waals surface area (Å²) in [6.45, 7) is 0. The molecule has 0 radical (unpaired) electrons. The molecule has 0 spiro atoms.